The molecule has 110 valence electrons. The van der Waals surface area contributed by atoms with Crippen molar-refractivity contribution in [1.29, 1.82) is 0 Å². The normalized spacial score (nSPS) is 15.3. The van der Waals surface area contributed by atoms with Gasteiger partial charge in [0.25, 0.3) is 5.56 Å². The van der Waals surface area contributed by atoms with Gasteiger partial charge < -0.3 is 14.8 Å². The molecule has 0 radical (unpaired) electrons. The van der Waals surface area contributed by atoms with Gasteiger partial charge in [0.05, 0.1) is 0 Å². The van der Waals surface area contributed by atoms with Crippen molar-refractivity contribution >= 4 is 16.5 Å². The van der Waals surface area contributed by atoms with Crippen molar-refractivity contribution < 1.29 is 0 Å². The van der Waals surface area contributed by atoms with Gasteiger partial charge >= 0.3 is 0 Å². The maximum atomic E-state index is 12.4. The molecule has 2 aromatic rings. The van der Waals surface area contributed by atoms with Crippen LogP contribution in [-0.4, -0.2) is 30.7 Å². The quantitative estimate of drug-likeness (QED) is 0.872. The van der Waals surface area contributed by atoms with Crippen LogP contribution >= 0.6 is 0 Å². The van der Waals surface area contributed by atoms with Crippen LogP contribution < -0.4 is 15.8 Å². The topological polar surface area (TPSA) is 37.3 Å². The zero-order chi connectivity index (χ0) is 14.7. The van der Waals surface area contributed by atoms with Crippen LogP contribution in [0.15, 0.2) is 47.9 Å². The summed E-state index contributed by atoms with van der Waals surface area (Å²) in [5.74, 6) is 0. The van der Waals surface area contributed by atoms with Gasteiger partial charge in [0.1, 0.15) is 0 Å². The Morgan fingerprint density at radius 1 is 1.24 bits per heavy atom. The van der Waals surface area contributed by atoms with E-state index >= 15 is 0 Å². The first-order valence-corrected chi connectivity index (χ1v) is 7.49. The zero-order valence-corrected chi connectivity index (χ0v) is 12.2. The number of anilines is 1. The fourth-order valence-electron chi connectivity index (χ4n) is 2.80. The molecule has 1 aliphatic heterocycles. The van der Waals surface area contributed by atoms with Crippen molar-refractivity contribution in [3.05, 3.63) is 53.5 Å². The van der Waals surface area contributed by atoms with Crippen molar-refractivity contribution in [3.8, 4) is 0 Å². The maximum Gasteiger partial charge on any atom is 0.258 e. The van der Waals surface area contributed by atoms with Crippen molar-refractivity contribution in [2.45, 2.75) is 13.0 Å². The summed E-state index contributed by atoms with van der Waals surface area (Å²) in [6.07, 6.45) is 4.53. The molecule has 2 heterocycles. The fourth-order valence-corrected chi connectivity index (χ4v) is 2.80. The lowest BCUT2D eigenvalue weighted by Gasteiger charge is -2.29. The first-order chi connectivity index (χ1) is 10.3. The summed E-state index contributed by atoms with van der Waals surface area (Å²) in [5.41, 5.74) is 1.29. The molecule has 3 rings (SSSR count). The molecule has 1 saturated heterocycles. The van der Waals surface area contributed by atoms with E-state index in [1.165, 1.54) is 5.69 Å². The van der Waals surface area contributed by atoms with Gasteiger partial charge in [0.2, 0.25) is 0 Å². The van der Waals surface area contributed by atoms with E-state index in [4.69, 9.17) is 0 Å². The Labute approximate surface area is 124 Å². The van der Waals surface area contributed by atoms with E-state index in [1.54, 1.807) is 4.57 Å². The third-order valence-electron chi connectivity index (χ3n) is 4.02. The molecule has 0 amide bonds. The van der Waals surface area contributed by atoms with Gasteiger partial charge in [-0.1, -0.05) is 6.08 Å². The molecule has 0 aliphatic carbocycles. The first-order valence-electron chi connectivity index (χ1n) is 7.49. The number of benzene rings is 1. The van der Waals surface area contributed by atoms with Crippen LogP contribution in [0.2, 0.25) is 0 Å². The van der Waals surface area contributed by atoms with E-state index in [1.807, 2.05) is 24.4 Å². The third kappa shape index (κ3) is 2.85. The summed E-state index contributed by atoms with van der Waals surface area (Å²) in [7, 11) is 0. The van der Waals surface area contributed by atoms with Gasteiger partial charge in [-0.3, -0.25) is 4.79 Å². The Hall–Kier alpha value is -2.07. The van der Waals surface area contributed by atoms with E-state index in [0.29, 0.717) is 6.54 Å². The summed E-state index contributed by atoms with van der Waals surface area (Å²) >= 11 is 0. The summed E-state index contributed by atoms with van der Waals surface area (Å²) in [5, 5.41) is 5.17. The summed E-state index contributed by atoms with van der Waals surface area (Å²) in [6, 6.07) is 8.18. The molecular formula is C17H21N3O. The Balaban J connectivity index is 1.95. The number of piperazine rings is 1. The van der Waals surface area contributed by atoms with Crippen LogP contribution in [-0.2, 0) is 6.54 Å². The molecule has 4 heteroatoms. The predicted octanol–water partition coefficient (Wildman–Crippen LogP) is 1.99. The minimum absolute atomic E-state index is 0.0845. The van der Waals surface area contributed by atoms with Crippen LogP contribution in [0.3, 0.4) is 0 Å². The van der Waals surface area contributed by atoms with Gasteiger partial charge in [-0.25, -0.2) is 0 Å². The highest BCUT2D eigenvalue weighted by molar-refractivity contribution is 5.85. The van der Waals surface area contributed by atoms with Gasteiger partial charge in [-0.2, -0.15) is 0 Å². The number of nitrogens with one attached hydrogen (secondary N) is 1. The van der Waals surface area contributed by atoms with Crippen LogP contribution in [0.1, 0.15) is 6.42 Å². The standard InChI is InChI=1S/C17H21N3O/c1-2-3-9-20-10-6-14-13-15(4-5-16(14)17(20)21)19-11-7-18-8-12-19/h2,4-6,10,13,18H,1,3,7-9,11-12H2. The average molecular weight is 283 g/mol. The van der Waals surface area contributed by atoms with Crippen LogP contribution in [0.25, 0.3) is 10.8 Å². The lowest BCUT2D eigenvalue weighted by Crippen LogP contribution is -2.43. The molecule has 1 N–H and O–H groups in total. The molecule has 1 aromatic heterocycles. The number of aryl methyl sites for hydroxylation is 1. The second-order valence-corrected chi connectivity index (χ2v) is 5.40. The molecule has 1 fully saturated rings. The first kappa shape index (κ1) is 13.9. The lowest BCUT2D eigenvalue weighted by atomic mass is 10.1. The van der Waals surface area contributed by atoms with Crippen molar-refractivity contribution in [1.82, 2.24) is 9.88 Å². The summed E-state index contributed by atoms with van der Waals surface area (Å²) in [4.78, 5) is 14.8. The number of nitrogens with zero attached hydrogens (tertiary/aromatic N) is 2. The van der Waals surface area contributed by atoms with Crippen molar-refractivity contribution in [2.75, 3.05) is 31.1 Å². The van der Waals surface area contributed by atoms with Gasteiger partial charge in [0, 0.05) is 50.0 Å². The van der Waals surface area contributed by atoms with E-state index in [2.05, 4.69) is 28.9 Å². The molecule has 1 aliphatic rings. The zero-order valence-electron chi connectivity index (χ0n) is 12.2. The Bertz CT molecular complexity index is 699. The van der Waals surface area contributed by atoms with Crippen LogP contribution in [0.5, 0.6) is 0 Å². The minimum atomic E-state index is 0.0845. The van der Waals surface area contributed by atoms with E-state index in [-0.39, 0.29) is 5.56 Å². The maximum absolute atomic E-state index is 12.4. The average Bonchev–Trinajstić information content (AvgIpc) is 2.55. The predicted molar refractivity (Wildman–Crippen MR) is 88.1 cm³/mol. The summed E-state index contributed by atoms with van der Waals surface area (Å²) in [6.45, 7) is 8.46. The van der Waals surface area contributed by atoms with Gasteiger partial charge in [-0.05, 0) is 36.1 Å². The highest BCUT2D eigenvalue weighted by Crippen LogP contribution is 2.20. The second-order valence-electron chi connectivity index (χ2n) is 5.40. The van der Waals surface area contributed by atoms with Crippen molar-refractivity contribution in [2.24, 2.45) is 0 Å². The third-order valence-corrected chi connectivity index (χ3v) is 4.02. The highest BCUT2D eigenvalue weighted by atomic mass is 16.1. The SMILES string of the molecule is C=CCCn1ccc2cc(N3CCNCC3)ccc2c1=O. The number of hydrogen-bond acceptors (Lipinski definition) is 3. The minimum Gasteiger partial charge on any atom is -0.369 e. The van der Waals surface area contributed by atoms with Gasteiger partial charge in [0.15, 0.2) is 0 Å². The monoisotopic (exact) mass is 283 g/mol. The molecule has 0 saturated carbocycles. The van der Waals surface area contributed by atoms with E-state index < -0.39 is 0 Å². The number of fused-ring (bicyclic) bond motifs is 1. The molecule has 0 atom stereocenters. The lowest BCUT2D eigenvalue weighted by molar-refractivity contribution is 0.589. The molecule has 4 nitrogen and oxygen atoms in total. The second kappa shape index (κ2) is 6.14. The summed E-state index contributed by atoms with van der Waals surface area (Å²) < 4.78 is 1.76. The molecular weight excluding hydrogens is 262 g/mol. The largest absolute Gasteiger partial charge is 0.369 e. The molecule has 1 aromatic carbocycles. The highest BCUT2D eigenvalue weighted by Gasteiger charge is 2.11. The molecule has 0 spiro atoms. The van der Waals surface area contributed by atoms with Crippen molar-refractivity contribution in [3.63, 3.8) is 0 Å². The van der Waals surface area contributed by atoms with Crippen LogP contribution in [0, 0.1) is 0 Å². The number of pyridine rings is 1. The smallest absolute Gasteiger partial charge is 0.258 e. The van der Waals surface area contributed by atoms with Crippen LogP contribution in [0.4, 0.5) is 5.69 Å². The molecule has 0 bridgehead atoms. The molecule has 21 heavy (non-hydrogen) atoms. The number of allylic oxidation sites excluding steroid dienone is 1. The Morgan fingerprint density at radius 3 is 2.81 bits per heavy atom. The number of rotatable bonds is 4. The number of aromatic nitrogens is 1. The van der Waals surface area contributed by atoms with Gasteiger partial charge in [-0.15, -0.1) is 6.58 Å². The fraction of sp³-hybridized carbons (Fsp3) is 0.353. The Morgan fingerprint density at radius 2 is 2.05 bits per heavy atom. The molecule has 0 unspecified atom stereocenters. The van der Waals surface area contributed by atoms with E-state index in [9.17, 15) is 4.79 Å². The number of hydrogen-bond donors (Lipinski definition) is 1. The van der Waals surface area contributed by atoms with E-state index in [0.717, 1.165) is 43.4 Å². The Kier molecular flexibility index (Phi) is 4.06.